The van der Waals surface area contributed by atoms with Crippen LogP contribution >= 0.6 is 0 Å². The molecule has 2 aromatic rings. The van der Waals surface area contributed by atoms with Gasteiger partial charge in [0.25, 0.3) is 0 Å². The van der Waals surface area contributed by atoms with Crippen LogP contribution < -0.4 is 10.6 Å². The van der Waals surface area contributed by atoms with Gasteiger partial charge in [0.05, 0.1) is 6.54 Å². The predicted molar refractivity (Wildman–Crippen MR) is 105 cm³/mol. The lowest BCUT2D eigenvalue weighted by atomic mass is 9.91. The third-order valence-electron chi connectivity index (χ3n) is 4.00. The van der Waals surface area contributed by atoms with Gasteiger partial charge in [-0.25, -0.2) is 0 Å². The quantitative estimate of drug-likeness (QED) is 0.418. The van der Waals surface area contributed by atoms with Gasteiger partial charge in [-0.15, -0.1) is 0 Å². The predicted octanol–water partition coefficient (Wildman–Crippen LogP) is 3.41. The molecule has 0 aromatic heterocycles. The molecule has 25 heavy (non-hydrogen) atoms. The van der Waals surface area contributed by atoms with Gasteiger partial charge < -0.3 is 15.4 Å². The van der Waals surface area contributed by atoms with Crippen LogP contribution in [0.1, 0.15) is 30.4 Å². The molecule has 134 valence electrons. The summed E-state index contributed by atoms with van der Waals surface area (Å²) in [6, 6.07) is 21.1. The Kier molecular flexibility index (Phi) is 8.56. The summed E-state index contributed by atoms with van der Waals surface area (Å²) in [5, 5.41) is 6.69. The van der Waals surface area contributed by atoms with E-state index in [-0.39, 0.29) is 5.92 Å². The second kappa shape index (κ2) is 11.3. The Balaban J connectivity index is 2.11. The maximum absolute atomic E-state index is 5.10. The summed E-state index contributed by atoms with van der Waals surface area (Å²) in [7, 11) is 1.73. The smallest absolute Gasteiger partial charge is 0.191 e. The minimum atomic E-state index is 0.247. The van der Waals surface area contributed by atoms with Crippen LogP contribution in [-0.2, 0) is 4.74 Å². The van der Waals surface area contributed by atoms with Crippen LogP contribution in [0.15, 0.2) is 65.7 Å². The number of benzene rings is 2. The second-order valence-corrected chi connectivity index (χ2v) is 5.87. The van der Waals surface area contributed by atoms with Gasteiger partial charge in [0, 0.05) is 32.7 Å². The molecule has 0 aliphatic carbocycles. The number of guanidine groups is 1. The Hall–Kier alpha value is -2.33. The van der Waals surface area contributed by atoms with E-state index in [1.807, 2.05) is 0 Å². The van der Waals surface area contributed by atoms with E-state index in [9.17, 15) is 0 Å². The summed E-state index contributed by atoms with van der Waals surface area (Å²) >= 11 is 0. The minimum absolute atomic E-state index is 0.247. The summed E-state index contributed by atoms with van der Waals surface area (Å²) in [5.74, 6) is 1.10. The highest BCUT2D eigenvalue weighted by molar-refractivity contribution is 5.79. The second-order valence-electron chi connectivity index (χ2n) is 5.87. The lowest BCUT2D eigenvalue weighted by molar-refractivity contribution is 0.195. The first-order chi connectivity index (χ1) is 12.3. The van der Waals surface area contributed by atoms with E-state index in [0.29, 0.717) is 6.54 Å². The van der Waals surface area contributed by atoms with E-state index >= 15 is 0 Å². The Morgan fingerprint density at radius 2 is 1.56 bits per heavy atom. The highest BCUT2D eigenvalue weighted by Gasteiger charge is 2.13. The fourth-order valence-electron chi connectivity index (χ4n) is 2.72. The highest BCUT2D eigenvalue weighted by Crippen LogP contribution is 2.24. The molecule has 0 aliphatic rings. The van der Waals surface area contributed by atoms with Gasteiger partial charge in [-0.05, 0) is 24.5 Å². The molecule has 0 amide bonds. The monoisotopic (exact) mass is 339 g/mol. The van der Waals surface area contributed by atoms with Crippen molar-refractivity contribution in [1.82, 2.24) is 10.6 Å². The molecule has 0 fully saturated rings. The summed E-state index contributed by atoms with van der Waals surface area (Å²) in [4.78, 5) is 4.82. The van der Waals surface area contributed by atoms with Crippen LogP contribution in [0.5, 0.6) is 0 Å². The van der Waals surface area contributed by atoms with Gasteiger partial charge >= 0.3 is 0 Å². The molecule has 4 heteroatoms. The average Bonchev–Trinajstić information content (AvgIpc) is 2.67. The zero-order chi connectivity index (χ0) is 17.7. The molecule has 4 nitrogen and oxygen atoms in total. The van der Waals surface area contributed by atoms with Crippen molar-refractivity contribution in [2.75, 3.05) is 33.4 Å². The zero-order valence-electron chi connectivity index (χ0n) is 15.2. The summed E-state index contributed by atoms with van der Waals surface area (Å²) in [6.45, 7) is 5.23. The Labute approximate surface area is 151 Å². The lowest BCUT2D eigenvalue weighted by Gasteiger charge is -2.18. The number of methoxy groups -OCH3 is 1. The van der Waals surface area contributed by atoms with Crippen molar-refractivity contribution >= 4 is 5.96 Å². The fraction of sp³-hybridized carbons (Fsp3) is 0.381. The van der Waals surface area contributed by atoms with Crippen molar-refractivity contribution in [2.24, 2.45) is 4.99 Å². The van der Waals surface area contributed by atoms with Gasteiger partial charge in [0.15, 0.2) is 5.96 Å². The van der Waals surface area contributed by atoms with E-state index < -0.39 is 0 Å². The van der Waals surface area contributed by atoms with E-state index in [4.69, 9.17) is 9.73 Å². The molecular weight excluding hydrogens is 310 g/mol. The molecule has 0 saturated carbocycles. The standard InChI is InChI=1S/C21H29N3O/c1-3-22-21(23-15-10-16-25-2)24-17-20(18-11-6-4-7-12-18)19-13-8-5-9-14-19/h4-9,11-14,20H,3,10,15-17H2,1-2H3,(H2,22,23,24). The van der Waals surface area contributed by atoms with Crippen molar-refractivity contribution in [3.8, 4) is 0 Å². The maximum atomic E-state index is 5.10. The van der Waals surface area contributed by atoms with Gasteiger partial charge in [0.1, 0.15) is 0 Å². The minimum Gasteiger partial charge on any atom is -0.385 e. The number of rotatable bonds is 9. The molecular formula is C21H29N3O. The van der Waals surface area contributed by atoms with Crippen molar-refractivity contribution in [3.05, 3.63) is 71.8 Å². The number of hydrogen-bond donors (Lipinski definition) is 2. The van der Waals surface area contributed by atoms with Crippen molar-refractivity contribution in [2.45, 2.75) is 19.3 Å². The largest absolute Gasteiger partial charge is 0.385 e. The van der Waals surface area contributed by atoms with Crippen LogP contribution in [-0.4, -0.2) is 39.3 Å². The van der Waals surface area contributed by atoms with Gasteiger partial charge in [-0.2, -0.15) is 0 Å². The molecule has 2 aromatic carbocycles. The summed E-state index contributed by atoms with van der Waals surface area (Å²) in [6.07, 6.45) is 0.960. The third kappa shape index (κ3) is 6.59. The molecule has 2 rings (SSSR count). The van der Waals surface area contributed by atoms with Gasteiger partial charge in [0.2, 0.25) is 0 Å². The maximum Gasteiger partial charge on any atom is 0.191 e. The molecule has 0 atom stereocenters. The Morgan fingerprint density at radius 3 is 2.08 bits per heavy atom. The fourth-order valence-corrected chi connectivity index (χ4v) is 2.72. The number of nitrogens with zero attached hydrogens (tertiary/aromatic N) is 1. The first-order valence-electron chi connectivity index (χ1n) is 8.96. The van der Waals surface area contributed by atoms with Gasteiger partial charge in [-0.1, -0.05) is 60.7 Å². The highest BCUT2D eigenvalue weighted by atomic mass is 16.5. The van der Waals surface area contributed by atoms with Crippen LogP contribution in [0.4, 0.5) is 0 Å². The van der Waals surface area contributed by atoms with Crippen LogP contribution in [0.3, 0.4) is 0 Å². The average molecular weight is 339 g/mol. The number of hydrogen-bond acceptors (Lipinski definition) is 2. The summed E-state index contributed by atoms with van der Waals surface area (Å²) < 4.78 is 5.10. The van der Waals surface area contributed by atoms with Crippen LogP contribution in [0, 0.1) is 0 Å². The summed E-state index contributed by atoms with van der Waals surface area (Å²) in [5.41, 5.74) is 2.57. The first-order valence-corrected chi connectivity index (χ1v) is 8.96. The topological polar surface area (TPSA) is 45.7 Å². The van der Waals surface area contributed by atoms with Crippen molar-refractivity contribution in [1.29, 1.82) is 0 Å². The number of ether oxygens (including phenoxy) is 1. The van der Waals surface area contributed by atoms with Crippen molar-refractivity contribution in [3.63, 3.8) is 0 Å². The van der Waals surface area contributed by atoms with Crippen molar-refractivity contribution < 1.29 is 4.74 Å². The lowest BCUT2D eigenvalue weighted by Crippen LogP contribution is -2.38. The Bertz CT molecular complexity index is 574. The molecule has 0 spiro atoms. The molecule has 0 aliphatic heterocycles. The Morgan fingerprint density at radius 1 is 0.960 bits per heavy atom. The molecule has 0 saturated heterocycles. The van der Waals surface area contributed by atoms with E-state index in [1.54, 1.807) is 7.11 Å². The zero-order valence-corrected chi connectivity index (χ0v) is 15.2. The third-order valence-corrected chi connectivity index (χ3v) is 4.00. The number of nitrogens with one attached hydrogen (secondary N) is 2. The molecule has 0 unspecified atom stereocenters. The van der Waals surface area contributed by atoms with E-state index in [2.05, 4.69) is 78.2 Å². The SMILES string of the molecule is CCNC(=NCC(c1ccccc1)c1ccccc1)NCCCOC. The van der Waals surface area contributed by atoms with E-state index in [0.717, 1.165) is 32.1 Å². The molecule has 0 bridgehead atoms. The molecule has 2 N–H and O–H groups in total. The normalized spacial score (nSPS) is 11.6. The molecule has 0 heterocycles. The van der Waals surface area contributed by atoms with Gasteiger partial charge in [-0.3, -0.25) is 4.99 Å². The van der Waals surface area contributed by atoms with Crippen LogP contribution in [0.2, 0.25) is 0 Å². The number of aliphatic imine (C=N–C) groups is 1. The van der Waals surface area contributed by atoms with Crippen LogP contribution in [0.25, 0.3) is 0 Å². The van der Waals surface area contributed by atoms with E-state index in [1.165, 1.54) is 11.1 Å². The molecule has 0 radical (unpaired) electrons. The first kappa shape index (κ1) is 19.0.